The van der Waals surface area contributed by atoms with Crippen LogP contribution in [0.3, 0.4) is 0 Å². The topological polar surface area (TPSA) is 136 Å². The fraction of sp³-hybridized carbons (Fsp3) is 0.400. The van der Waals surface area contributed by atoms with Crippen LogP contribution in [0.15, 0.2) is 0 Å². The van der Waals surface area contributed by atoms with Gasteiger partial charge in [0.25, 0.3) is 0 Å². The first kappa shape index (κ1) is 10.4. The third-order valence-corrected chi connectivity index (χ3v) is 0.988. The molecule has 0 saturated carbocycles. The molecule has 0 aromatic rings. The Hall–Kier alpha value is -1.63. The summed E-state index contributed by atoms with van der Waals surface area (Å²) in [5, 5.41) is 9.56. The Morgan fingerprint density at radius 2 is 1.92 bits per heavy atom. The van der Waals surface area contributed by atoms with Crippen LogP contribution in [0.2, 0.25) is 0 Å². The second-order valence-corrected chi connectivity index (χ2v) is 2.07. The predicted octanol–water partition coefficient (Wildman–Crippen LogP) is -2.02. The number of carboxylic acid groups (broad SMARTS) is 1. The standard InChI is InChI=1S/C5H9N3O4/c6-2(1-3(7)9)4(10)8-5(11)12/h2H,1,6H2,(H2,7,9)(H,8,10)(H,11,12)/t2-/m0/s1. The summed E-state index contributed by atoms with van der Waals surface area (Å²) in [5.74, 6) is -1.70. The summed E-state index contributed by atoms with van der Waals surface area (Å²) in [5.41, 5.74) is 9.81. The number of hydrogen-bond acceptors (Lipinski definition) is 4. The van der Waals surface area contributed by atoms with Crippen molar-refractivity contribution in [2.24, 2.45) is 11.5 Å². The Balaban J connectivity index is 3.93. The largest absolute Gasteiger partial charge is 0.465 e. The summed E-state index contributed by atoms with van der Waals surface area (Å²) in [6.07, 6.45) is -1.89. The fourth-order valence-corrected chi connectivity index (χ4v) is 0.508. The summed E-state index contributed by atoms with van der Waals surface area (Å²) in [4.78, 5) is 30.8. The average molecular weight is 175 g/mol. The smallest absolute Gasteiger partial charge is 0.411 e. The molecule has 7 nitrogen and oxygen atoms in total. The number of imide groups is 1. The van der Waals surface area contributed by atoms with Crippen molar-refractivity contribution < 1.29 is 19.5 Å². The van der Waals surface area contributed by atoms with E-state index in [1.165, 1.54) is 5.32 Å². The predicted molar refractivity (Wildman–Crippen MR) is 38.0 cm³/mol. The van der Waals surface area contributed by atoms with Crippen LogP contribution in [-0.4, -0.2) is 29.1 Å². The highest BCUT2D eigenvalue weighted by molar-refractivity contribution is 5.96. The highest BCUT2D eigenvalue weighted by Crippen LogP contribution is 1.86. The quantitative estimate of drug-likeness (QED) is 0.392. The van der Waals surface area contributed by atoms with Gasteiger partial charge >= 0.3 is 6.09 Å². The minimum Gasteiger partial charge on any atom is -0.465 e. The van der Waals surface area contributed by atoms with Crippen molar-refractivity contribution in [1.82, 2.24) is 5.32 Å². The average Bonchev–Trinajstić information content (AvgIpc) is 1.84. The second kappa shape index (κ2) is 4.29. The van der Waals surface area contributed by atoms with Gasteiger partial charge < -0.3 is 16.6 Å². The number of hydrogen-bond donors (Lipinski definition) is 4. The van der Waals surface area contributed by atoms with E-state index >= 15 is 0 Å². The third-order valence-electron chi connectivity index (χ3n) is 0.988. The lowest BCUT2D eigenvalue weighted by Gasteiger charge is -2.06. The molecule has 0 aromatic heterocycles. The monoisotopic (exact) mass is 175 g/mol. The summed E-state index contributed by atoms with van der Waals surface area (Å²) in [6, 6.07) is -1.21. The van der Waals surface area contributed by atoms with Crippen LogP contribution in [-0.2, 0) is 9.59 Å². The van der Waals surface area contributed by atoms with E-state index in [1.54, 1.807) is 0 Å². The molecule has 0 aromatic carbocycles. The van der Waals surface area contributed by atoms with Crippen LogP contribution >= 0.6 is 0 Å². The summed E-state index contributed by atoms with van der Waals surface area (Å²) < 4.78 is 0. The second-order valence-electron chi connectivity index (χ2n) is 2.07. The minimum absolute atomic E-state index is 0.376. The first-order chi connectivity index (χ1) is 5.43. The molecule has 0 aliphatic rings. The lowest BCUT2D eigenvalue weighted by molar-refractivity contribution is -0.125. The van der Waals surface area contributed by atoms with Gasteiger partial charge in [-0.05, 0) is 0 Å². The van der Waals surface area contributed by atoms with E-state index in [-0.39, 0.29) is 6.42 Å². The lowest BCUT2D eigenvalue weighted by Crippen LogP contribution is -2.44. The molecule has 0 heterocycles. The third kappa shape index (κ3) is 4.23. The normalized spacial score (nSPS) is 11.8. The minimum atomic E-state index is -1.51. The van der Waals surface area contributed by atoms with Crippen LogP contribution in [0.1, 0.15) is 6.42 Å². The number of carbonyl (C=O) groups excluding carboxylic acids is 2. The van der Waals surface area contributed by atoms with Gasteiger partial charge in [0.15, 0.2) is 0 Å². The molecule has 0 aliphatic carbocycles. The van der Waals surface area contributed by atoms with Crippen LogP contribution in [0.25, 0.3) is 0 Å². The molecule has 1 atom stereocenters. The Bertz CT molecular complexity index is 215. The molecule has 0 rings (SSSR count). The number of amides is 3. The van der Waals surface area contributed by atoms with Gasteiger partial charge in [0, 0.05) is 0 Å². The molecule has 12 heavy (non-hydrogen) atoms. The molecular weight excluding hydrogens is 166 g/mol. The summed E-state index contributed by atoms with van der Waals surface area (Å²) >= 11 is 0. The van der Waals surface area contributed by atoms with Gasteiger partial charge in [-0.15, -0.1) is 0 Å². The van der Waals surface area contributed by atoms with Crippen molar-refractivity contribution in [3.63, 3.8) is 0 Å². The van der Waals surface area contributed by atoms with Crippen molar-refractivity contribution >= 4 is 17.9 Å². The molecule has 0 radical (unpaired) electrons. The number of primary amides is 1. The Morgan fingerprint density at radius 1 is 1.42 bits per heavy atom. The van der Waals surface area contributed by atoms with E-state index in [9.17, 15) is 14.4 Å². The maximum absolute atomic E-state index is 10.7. The van der Waals surface area contributed by atoms with E-state index < -0.39 is 23.9 Å². The number of carbonyl (C=O) groups is 3. The van der Waals surface area contributed by atoms with E-state index in [0.29, 0.717) is 0 Å². The van der Waals surface area contributed by atoms with Gasteiger partial charge in [0.05, 0.1) is 12.5 Å². The molecule has 0 spiro atoms. The molecule has 0 aliphatic heterocycles. The molecule has 6 N–H and O–H groups in total. The number of nitrogens with two attached hydrogens (primary N) is 2. The van der Waals surface area contributed by atoms with Gasteiger partial charge in [0.1, 0.15) is 0 Å². The van der Waals surface area contributed by atoms with Gasteiger partial charge in [-0.3, -0.25) is 14.9 Å². The highest BCUT2D eigenvalue weighted by atomic mass is 16.4. The van der Waals surface area contributed by atoms with Crippen molar-refractivity contribution in [1.29, 1.82) is 0 Å². The van der Waals surface area contributed by atoms with Gasteiger partial charge in [-0.1, -0.05) is 0 Å². The highest BCUT2D eigenvalue weighted by Gasteiger charge is 2.17. The van der Waals surface area contributed by atoms with Crippen molar-refractivity contribution in [3.05, 3.63) is 0 Å². The summed E-state index contributed by atoms with van der Waals surface area (Å²) in [7, 11) is 0. The molecule has 68 valence electrons. The number of nitrogens with one attached hydrogen (secondary N) is 1. The molecule has 0 fully saturated rings. The Morgan fingerprint density at radius 3 is 2.25 bits per heavy atom. The maximum Gasteiger partial charge on any atom is 0.411 e. The first-order valence-corrected chi connectivity index (χ1v) is 3.01. The van der Waals surface area contributed by atoms with Crippen LogP contribution in [0.5, 0.6) is 0 Å². The zero-order chi connectivity index (χ0) is 9.72. The number of rotatable bonds is 3. The van der Waals surface area contributed by atoms with Gasteiger partial charge in [-0.2, -0.15) is 0 Å². The van der Waals surface area contributed by atoms with Crippen LogP contribution < -0.4 is 16.8 Å². The van der Waals surface area contributed by atoms with Crippen molar-refractivity contribution in [2.45, 2.75) is 12.5 Å². The first-order valence-electron chi connectivity index (χ1n) is 3.01. The van der Waals surface area contributed by atoms with Gasteiger partial charge in [-0.25, -0.2) is 4.79 Å². The molecule has 0 saturated heterocycles. The molecule has 7 heteroatoms. The Labute approximate surface area is 67.7 Å². The molecule has 0 unspecified atom stereocenters. The van der Waals surface area contributed by atoms with E-state index in [1.807, 2.05) is 0 Å². The summed E-state index contributed by atoms with van der Waals surface area (Å²) in [6.45, 7) is 0. The van der Waals surface area contributed by atoms with E-state index in [2.05, 4.69) is 0 Å². The van der Waals surface area contributed by atoms with Crippen molar-refractivity contribution in [3.8, 4) is 0 Å². The zero-order valence-electron chi connectivity index (χ0n) is 6.11. The molecule has 3 amide bonds. The molecular formula is C5H9N3O4. The Kier molecular flexibility index (Phi) is 3.71. The lowest BCUT2D eigenvalue weighted by atomic mass is 10.2. The maximum atomic E-state index is 10.7. The van der Waals surface area contributed by atoms with E-state index in [0.717, 1.165) is 0 Å². The van der Waals surface area contributed by atoms with Gasteiger partial charge in [0.2, 0.25) is 11.8 Å². The molecule has 0 bridgehead atoms. The van der Waals surface area contributed by atoms with Crippen LogP contribution in [0.4, 0.5) is 4.79 Å². The zero-order valence-corrected chi connectivity index (χ0v) is 6.11. The fourth-order valence-electron chi connectivity index (χ4n) is 0.508. The van der Waals surface area contributed by atoms with Crippen molar-refractivity contribution in [2.75, 3.05) is 0 Å². The van der Waals surface area contributed by atoms with E-state index in [4.69, 9.17) is 16.6 Å². The SMILES string of the molecule is NC(=O)C[C@H](N)C(=O)NC(=O)O. The van der Waals surface area contributed by atoms with Crippen LogP contribution in [0, 0.1) is 0 Å².